The number of alkyl halides is 2. The summed E-state index contributed by atoms with van der Waals surface area (Å²) in [6.45, 7) is 3.99. The Hall–Kier alpha value is -0.790. The molecule has 2 fully saturated rings. The summed E-state index contributed by atoms with van der Waals surface area (Å²) in [6, 6.07) is 0.0837. The van der Waals surface area contributed by atoms with E-state index in [1.54, 1.807) is 9.80 Å². The van der Waals surface area contributed by atoms with Gasteiger partial charge in [-0.1, -0.05) is 0 Å². The number of amides is 1. The SMILES string of the molecule is O=C(CC1COCCN1)N1CCN(CC(F)F)CC1. The second-order valence-electron chi connectivity index (χ2n) is 5.00. The number of morpholine rings is 1. The molecule has 0 bridgehead atoms. The second-order valence-corrected chi connectivity index (χ2v) is 5.00. The first-order chi connectivity index (χ1) is 9.15. The van der Waals surface area contributed by atoms with Gasteiger partial charge in [-0.3, -0.25) is 9.69 Å². The fourth-order valence-electron chi connectivity index (χ4n) is 2.47. The lowest BCUT2D eigenvalue weighted by molar-refractivity contribution is -0.134. The minimum absolute atomic E-state index is 0.0831. The van der Waals surface area contributed by atoms with Crippen molar-refractivity contribution in [3.8, 4) is 0 Å². The van der Waals surface area contributed by atoms with Gasteiger partial charge >= 0.3 is 0 Å². The summed E-state index contributed by atoms with van der Waals surface area (Å²) in [5, 5.41) is 3.24. The summed E-state index contributed by atoms with van der Waals surface area (Å²) in [5.74, 6) is 0.0831. The van der Waals surface area contributed by atoms with Crippen molar-refractivity contribution in [3.05, 3.63) is 0 Å². The molecule has 0 aromatic carbocycles. The molecule has 110 valence electrons. The van der Waals surface area contributed by atoms with Crippen LogP contribution in [0.4, 0.5) is 8.78 Å². The van der Waals surface area contributed by atoms with E-state index in [0.29, 0.717) is 45.8 Å². The van der Waals surface area contributed by atoms with E-state index in [4.69, 9.17) is 4.74 Å². The molecule has 2 rings (SSSR count). The van der Waals surface area contributed by atoms with Crippen LogP contribution in [0.25, 0.3) is 0 Å². The molecule has 19 heavy (non-hydrogen) atoms. The van der Waals surface area contributed by atoms with Crippen LogP contribution >= 0.6 is 0 Å². The zero-order valence-electron chi connectivity index (χ0n) is 11.0. The number of ether oxygens (including phenoxy) is 1. The van der Waals surface area contributed by atoms with E-state index >= 15 is 0 Å². The molecule has 7 heteroatoms. The zero-order chi connectivity index (χ0) is 13.7. The maximum atomic E-state index is 12.2. The van der Waals surface area contributed by atoms with Gasteiger partial charge < -0.3 is 15.0 Å². The first kappa shape index (κ1) is 14.6. The smallest absolute Gasteiger partial charge is 0.251 e. The van der Waals surface area contributed by atoms with E-state index in [1.165, 1.54) is 0 Å². The van der Waals surface area contributed by atoms with E-state index in [1.807, 2.05) is 0 Å². The molecule has 5 nitrogen and oxygen atoms in total. The Kier molecular flexibility index (Phi) is 5.47. The van der Waals surface area contributed by atoms with Crippen LogP contribution in [-0.4, -0.2) is 80.7 Å². The van der Waals surface area contributed by atoms with Gasteiger partial charge in [-0.15, -0.1) is 0 Å². The highest BCUT2D eigenvalue weighted by Crippen LogP contribution is 2.08. The predicted octanol–water partition coefficient (Wildman–Crippen LogP) is -0.226. The Bertz CT molecular complexity index is 291. The van der Waals surface area contributed by atoms with E-state index in [0.717, 1.165) is 6.54 Å². The zero-order valence-corrected chi connectivity index (χ0v) is 11.0. The van der Waals surface area contributed by atoms with Gasteiger partial charge in [0.1, 0.15) is 0 Å². The van der Waals surface area contributed by atoms with Gasteiger partial charge in [0.15, 0.2) is 0 Å². The number of carbonyl (C=O) groups is 1. The molecule has 0 aromatic heterocycles. The molecule has 0 radical (unpaired) electrons. The van der Waals surface area contributed by atoms with Crippen molar-refractivity contribution in [2.24, 2.45) is 0 Å². The number of piperazine rings is 1. The molecule has 0 spiro atoms. The van der Waals surface area contributed by atoms with Gasteiger partial charge in [0.2, 0.25) is 5.91 Å². The quantitative estimate of drug-likeness (QED) is 0.771. The van der Waals surface area contributed by atoms with Crippen LogP contribution < -0.4 is 5.32 Å². The third-order valence-corrected chi connectivity index (χ3v) is 3.54. The molecule has 2 heterocycles. The lowest BCUT2D eigenvalue weighted by Gasteiger charge is -2.35. The highest BCUT2D eigenvalue weighted by Gasteiger charge is 2.25. The number of halogens is 2. The van der Waals surface area contributed by atoms with Crippen molar-refractivity contribution < 1.29 is 18.3 Å². The van der Waals surface area contributed by atoms with Crippen LogP contribution in [0.1, 0.15) is 6.42 Å². The highest BCUT2D eigenvalue weighted by molar-refractivity contribution is 5.77. The summed E-state index contributed by atoms with van der Waals surface area (Å²) in [7, 11) is 0. The largest absolute Gasteiger partial charge is 0.378 e. The highest BCUT2D eigenvalue weighted by atomic mass is 19.3. The molecule has 1 amide bonds. The van der Waals surface area contributed by atoms with Crippen molar-refractivity contribution in [1.29, 1.82) is 0 Å². The molecule has 2 saturated heterocycles. The molecular weight excluding hydrogens is 256 g/mol. The first-order valence-electron chi connectivity index (χ1n) is 6.74. The van der Waals surface area contributed by atoms with Crippen molar-refractivity contribution >= 4 is 5.91 Å². The molecule has 0 saturated carbocycles. The minimum Gasteiger partial charge on any atom is -0.378 e. The number of nitrogens with one attached hydrogen (secondary N) is 1. The van der Waals surface area contributed by atoms with Crippen molar-refractivity contribution in [2.45, 2.75) is 18.9 Å². The Balaban J connectivity index is 1.69. The summed E-state index contributed by atoms with van der Waals surface area (Å²) in [5.41, 5.74) is 0. The molecule has 1 atom stereocenters. The van der Waals surface area contributed by atoms with Crippen molar-refractivity contribution in [1.82, 2.24) is 15.1 Å². The van der Waals surface area contributed by atoms with Gasteiger partial charge in [0.05, 0.1) is 19.8 Å². The lowest BCUT2D eigenvalue weighted by Crippen LogP contribution is -2.51. The molecular formula is C12H21F2N3O2. The lowest BCUT2D eigenvalue weighted by atomic mass is 10.1. The van der Waals surface area contributed by atoms with Crippen LogP contribution in [0.15, 0.2) is 0 Å². The Morgan fingerprint density at radius 2 is 2.05 bits per heavy atom. The Labute approximate surface area is 111 Å². The molecule has 0 aliphatic carbocycles. The summed E-state index contributed by atoms with van der Waals surface area (Å²) < 4.78 is 29.8. The van der Waals surface area contributed by atoms with Gasteiger partial charge in [0.25, 0.3) is 6.43 Å². The minimum atomic E-state index is -2.30. The molecule has 2 aliphatic heterocycles. The molecule has 1 unspecified atom stereocenters. The third-order valence-electron chi connectivity index (χ3n) is 3.54. The maximum Gasteiger partial charge on any atom is 0.251 e. The third kappa shape index (κ3) is 4.67. The molecule has 1 N–H and O–H groups in total. The average Bonchev–Trinajstić information content (AvgIpc) is 2.40. The fraction of sp³-hybridized carbons (Fsp3) is 0.917. The van der Waals surface area contributed by atoms with E-state index in [2.05, 4.69) is 5.32 Å². The average molecular weight is 277 g/mol. The number of hydrogen-bond acceptors (Lipinski definition) is 4. The second kappa shape index (κ2) is 7.12. The Morgan fingerprint density at radius 3 is 2.63 bits per heavy atom. The maximum absolute atomic E-state index is 12.2. The molecule has 0 aromatic rings. The fourth-order valence-corrected chi connectivity index (χ4v) is 2.47. The van der Waals surface area contributed by atoms with E-state index < -0.39 is 6.43 Å². The summed E-state index contributed by atoms with van der Waals surface area (Å²) in [4.78, 5) is 15.5. The van der Waals surface area contributed by atoms with Crippen LogP contribution in [-0.2, 0) is 9.53 Å². The monoisotopic (exact) mass is 277 g/mol. The van der Waals surface area contributed by atoms with Crippen LogP contribution in [0.5, 0.6) is 0 Å². The number of carbonyl (C=O) groups excluding carboxylic acids is 1. The predicted molar refractivity (Wildman–Crippen MR) is 66.3 cm³/mol. The van der Waals surface area contributed by atoms with Gasteiger partial charge in [-0.25, -0.2) is 8.78 Å². The van der Waals surface area contributed by atoms with Gasteiger partial charge in [-0.2, -0.15) is 0 Å². The normalized spacial score (nSPS) is 25.8. The van der Waals surface area contributed by atoms with E-state index in [-0.39, 0.29) is 18.5 Å². The summed E-state index contributed by atoms with van der Waals surface area (Å²) >= 11 is 0. The molecule has 2 aliphatic rings. The first-order valence-corrected chi connectivity index (χ1v) is 6.74. The number of hydrogen-bond donors (Lipinski definition) is 1. The number of rotatable bonds is 4. The van der Waals surface area contributed by atoms with Crippen molar-refractivity contribution in [2.75, 3.05) is 52.5 Å². The Morgan fingerprint density at radius 1 is 1.32 bits per heavy atom. The van der Waals surface area contributed by atoms with Crippen LogP contribution in [0.3, 0.4) is 0 Å². The van der Waals surface area contributed by atoms with Gasteiger partial charge in [-0.05, 0) is 0 Å². The summed E-state index contributed by atoms with van der Waals surface area (Å²) in [6.07, 6.45) is -1.87. The van der Waals surface area contributed by atoms with Crippen LogP contribution in [0.2, 0.25) is 0 Å². The van der Waals surface area contributed by atoms with Gasteiger partial charge in [0, 0.05) is 45.2 Å². The van der Waals surface area contributed by atoms with Crippen molar-refractivity contribution in [3.63, 3.8) is 0 Å². The number of nitrogens with zero attached hydrogens (tertiary/aromatic N) is 2. The topological polar surface area (TPSA) is 44.8 Å². The van der Waals surface area contributed by atoms with Crippen LogP contribution in [0, 0.1) is 0 Å². The van der Waals surface area contributed by atoms with E-state index in [9.17, 15) is 13.6 Å². The standard InChI is InChI=1S/C12H21F2N3O2/c13-11(14)8-16-2-4-17(5-3-16)12(18)7-10-9-19-6-1-15-10/h10-11,15H,1-9H2.